The Morgan fingerprint density at radius 3 is 2.54 bits per heavy atom. The number of benzene rings is 1. The number of β-amino-alcohol motifs (C(OH)–C–C–N with tert-alkyl or cyclic N) is 1. The number of halogens is 3. The molecule has 128 valence electrons. The van der Waals surface area contributed by atoms with Crippen LogP contribution in [-0.4, -0.2) is 55.8 Å². The van der Waals surface area contributed by atoms with Crippen LogP contribution in [0.3, 0.4) is 0 Å². The van der Waals surface area contributed by atoms with Gasteiger partial charge in [-0.25, -0.2) is 4.68 Å². The highest BCUT2D eigenvalue weighted by atomic mass is 19.4. The zero-order valence-corrected chi connectivity index (χ0v) is 12.6. The predicted octanol–water partition coefficient (Wildman–Crippen LogP) is 1.80. The number of carbonyl (C=O) groups is 1. The van der Waals surface area contributed by atoms with Crippen LogP contribution in [0.4, 0.5) is 13.2 Å². The van der Waals surface area contributed by atoms with Crippen molar-refractivity contribution in [1.82, 2.24) is 19.9 Å². The van der Waals surface area contributed by atoms with Gasteiger partial charge >= 0.3 is 6.18 Å². The lowest BCUT2D eigenvalue weighted by Gasteiger charge is -2.40. The quantitative estimate of drug-likeness (QED) is 0.905. The van der Waals surface area contributed by atoms with E-state index in [4.69, 9.17) is 0 Å². The molecule has 0 bridgehead atoms. The Hall–Kier alpha value is -2.42. The molecule has 1 aliphatic rings. The van der Waals surface area contributed by atoms with E-state index in [0.29, 0.717) is 5.69 Å². The summed E-state index contributed by atoms with van der Waals surface area (Å²) < 4.78 is 40.4. The van der Waals surface area contributed by atoms with E-state index in [1.54, 1.807) is 18.3 Å². The van der Waals surface area contributed by atoms with Gasteiger partial charge in [0.1, 0.15) is 0 Å². The van der Waals surface area contributed by atoms with Crippen molar-refractivity contribution in [3.63, 3.8) is 0 Å². The Morgan fingerprint density at radius 1 is 1.25 bits per heavy atom. The average Bonchev–Trinajstić information content (AvgIpc) is 3.08. The smallest absolute Gasteiger partial charge is 0.379 e. The van der Waals surface area contributed by atoms with Crippen molar-refractivity contribution in [1.29, 1.82) is 0 Å². The van der Waals surface area contributed by atoms with Gasteiger partial charge in [-0.3, -0.25) is 4.79 Å². The first-order valence-electron chi connectivity index (χ1n) is 7.35. The first-order valence-corrected chi connectivity index (χ1v) is 7.35. The van der Waals surface area contributed by atoms with Crippen LogP contribution in [0.25, 0.3) is 5.69 Å². The van der Waals surface area contributed by atoms with E-state index in [2.05, 4.69) is 10.3 Å². The molecular weight excluding hydrogens is 325 g/mol. The molecule has 1 N–H and O–H groups in total. The molecule has 2 heterocycles. The van der Waals surface area contributed by atoms with Crippen molar-refractivity contribution in [3.8, 4) is 5.69 Å². The molecule has 6 nitrogen and oxygen atoms in total. The summed E-state index contributed by atoms with van der Waals surface area (Å²) in [5.41, 5.74) is -1.92. The number of rotatable bonds is 2. The largest absolute Gasteiger partial charge is 0.418 e. The van der Waals surface area contributed by atoms with Crippen molar-refractivity contribution < 1.29 is 23.1 Å². The molecule has 1 amide bonds. The second kappa shape index (κ2) is 5.90. The highest BCUT2D eigenvalue weighted by Crippen LogP contribution is 2.37. The summed E-state index contributed by atoms with van der Waals surface area (Å²) in [6.07, 6.45) is -1.93. The predicted molar refractivity (Wildman–Crippen MR) is 77.5 cm³/mol. The second-order valence-electron chi connectivity index (χ2n) is 5.75. The molecular formula is C15H15F3N4O2. The number of nitrogens with zero attached hydrogens (tertiary/aromatic N) is 4. The molecule has 1 aromatic heterocycles. The summed E-state index contributed by atoms with van der Waals surface area (Å²) in [7, 11) is 0. The number of carbonyl (C=O) groups excluding carboxylic acids is 1. The molecule has 1 saturated heterocycles. The minimum atomic E-state index is -4.76. The molecule has 1 aliphatic heterocycles. The topological polar surface area (TPSA) is 71.2 Å². The summed E-state index contributed by atoms with van der Waals surface area (Å²) in [5, 5.41) is 17.3. The van der Waals surface area contributed by atoms with Crippen molar-refractivity contribution in [2.45, 2.75) is 24.6 Å². The van der Waals surface area contributed by atoms with E-state index >= 15 is 0 Å². The molecule has 0 radical (unpaired) electrons. The van der Waals surface area contributed by atoms with Crippen molar-refractivity contribution in [2.75, 3.05) is 13.1 Å². The number of aromatic nitrogens is 3. The third kappa shape index (κ3) is 2.99. The fraction of sp³-hybridized carbons (Fsp3) is 0.400. The van der Waals surface area contributed by atoms with Crippen LogP contribution in [0, 0.1) is 0 Å². The summed E-state index contributed by atoms with van der Waals surface area (Å²) in [4.78, 5) is 13.5. The number of likely N-dealkylation sites (tertiary alicyclic amines) is 1. The van der Waals surface area contributed by atoms with E-state index < -0.39 is 30.7 Å². The average molecular weight is 340 g/mol. The molecule has 24 heavy (non-hydrogen) atoms. The van der Waals surface area contributed by atoms with Gasteiger partial charge in [0.2, 0.25) is 0 Å². The molecule has 1 atom stereocenters. The zero-order chi connectivity index (χ0) is 17.4. The fourth-order valence-corrected chi connectivity index (χ4v) is 2.73. The van der Waals surface area contributed by atoms with E-state index in [9.17, 15) is 23.1 Å². The van der Waals surface area contributed by atoms with Crippen LogP contribution in [-0.2, 0) is 0 Å². The van der Waals surface area contributed by atoms with E-state index in [0.717, 1.165) is 4.90 Å². The first-order chi connectivity index (χ1) is 11.3. The van der Waals surface area contributed by atoms with Crippen LogP contribution in [0.5, 0.6) is 0 Å². The Balaban J connectivity index is 1.76. The third-order valence-corrected chi connectivity index (χ3v) is 4.09. The standard InChI is InChI=1S/C15H15F3N4O2/c16-15(17,18)14(24)6-1-8-21(10-14)13(23)11-2-4-12(5-3-11)22-9-7-19-20-22/h2-5,7,9,24H,1,6,8,10H2. The summed E-state index contributed by atoms with van der Waals surface area (Å²) >= 11 is 0. The maximum atomic E-state index is 13.0. The van der Waals surface area contributed by atoms with Crippen LogP contribution >= 0.6 is 0 Å². The van der Waals surface area contributed by atoms with Crippen molar-refractivity contribution in [2.24, 2.45) is 0 Å². The molecule has 1 aromatic carbocycles. The number of hydrogen-bond donors (Lipinski definition) is 1. The van der Waals surface area contributed by atoms with Gasteiger partial charge in [-0.05, 0) is 37.1 Å². The maximum Gasteiger partial charge on any atom is 0.418 e. The summed E-state index contributed by atoms with van der Waals surface area (Å²) in [6.45, 7) is -0.567. The highest BCUT2D eigenvalue weighted by Gasteiger charge is 2.55. The second-order valence-corrected chi connectivity index (χ2v) is 5.75. The van der Waals surface area contributed by atoms with Crippen LogP contribution < -0.4 is 0 Å². The molecule has 0 spiro atoms. The van der Waals surface area contributed by atoms with Crippen molar-refractivity contribution >= 4 is 5.91 Å². The molecule has 0 aliphatic carbocycles. The molecule has 9 heteroatoms. The molecule has 0 saturated carbocycles. The number of aliphatic hydroxyl groups is 1. The normalized spacial score (nSPS) is 21.8. The number of alkyl halides is 3. The van der Waals surface area contributed by atoms with Crippen LogP contribution in [0.1, 0.15) is 23.2 Å². The van der Waals surface area contributed by atoms with Gasteiger partial charge in [0.15, 0.2) is 5.60 Å². The number of piperidine rings is 1. The summed E-state index contributed by atoms with van der Waals surface area (Å²) in [5.74, 6) is -0.539. The first kappa shape index (κ1) is 16.4. The fourth-order valence-electron chi connectivity index (χ4n) is 2.73. The number of amides is 1. The third-order valence-electron chi connectivity index (χ3n) is 4.09. The van der Waals surface area contributed by atoms with Crippen molar-refractivity contribution in [3.05, 3.63) is 42.2 Å². The van der Waals surface area contributed by atoms with Gasteiger partial charge in [0, 0.05) is 12.1 Å². The van der Waals surface area contributed by atoms with Gasteiger partial charge in [-0.2, -0.15) is 13.2 Å². The van der Waals surface area contributed by atoms with Gasteiger partial charge in [0.05, 0.1) is 24.6 Å². The molecule has 3 rings (SSSR count). The van der Waals surface area contributed by atoms with Crippen LogP contribution in [0.2, 0.25) is 0 Å². The SMILES string of the molecule is O=C(c1ccc(-n2ccnn2)cc1)N1CCCC(O)(C(F)(F)F)C1. The zero-order valence-electron chi connectivity index (χ0n) is 12.6. The van der Waals surface area contributed by atoms with E-state index in [-0.39, 0.29) is 18.5 Å². The maximum absolute atomic E-state index is 13.0. The summed E-state index contributed by atoms with van der Waals surface area (Å²) in [6, 6.07) is 6.28. The highest BCUT2D eigenvalue weighted by molar-refractivity contribution is 5.94. The Bertz CT molecular complexity index is 715. The van der Waals surface area contributed by atoms with Crippen LogP contribution in [0.15, 0.2) is 36.7 Å². The molecule has 1 unspecified atom stereocenters. The lowest BCUT2D eigenvalue weighted by atomic mass is 9.92. The van der Waals surface area contributed by atoms with Gasteiger partial charge < -0.3 is 10.0 Å². The lowest BCUT2D eigenvalue weighted by molar-refractivity contribution is -0.271. The minimum Gasteiger partial charge on any atom is -0.379 e. The Morgan fingerprint density at radius 2 is 1.96 bits per heavy atom. The van der Waals surface area contributed by atoms with Gasteiger partial charge in [-0.1, -0.05) is 5.21 Å². The van der Waals surface area contributed by atoms with Gasteiger partial charge in [-0.15, -0.1) is 5.10 Å². The van der Waals surface area contributed by atoms with Gasteiger partial charge in [0.25, 0.3) is 5.91 Å². The molecule has 1 fully saturated rings. The van der Waals surface area contributed by atoms with E-state index in [1.165, 1.54) is 23.0 Å². The monoisotopic (exact) mass is 340 g/mol. The minimum absolute atomic E-state index is 0.0960. The lowest BCUT2D eigenvalue weighted by Crippen LogP contribution is -2.58. The Labute approximate surface area is 135 Å². The van der Waals surface area contributed by atoms with E-state index in [1.807, 2.05) is 0 Å². The Kier molecular flexibility index (Phi) is 4.04. The number of hydrogen-bond acceptors (Lipinski definition) is 4. The molecule has 2 aromatic rings.